The monoisotopic (exact) mass is 314 g/mol. The quantitative estimate of drug-likeness (QED) is 0.915. The zero-order chi connectivity index (χ0) is 12.1. The van der Waals surface area contributed by atoms with Gasteiger partial charge in [0.05, 0.1) is 16.9 Å². The van der Waals surface area contributed by atoms with Crippen LogP contribution in [-0.4, -0.2) is 20.7 Å². The molecule has 0 unspecified atom stereocenters. The lowest BCUT2D eigenvalue weighted by Crippen LogP contribution is -2.23. The Morgan fingerprint density at radius 3 is 3.06 bits per heavy atom. The molecule has 0 spiro atoms. The number of thiophene rings is 1. The van der Waals surface area contributed by atoms with Crippen LogP contribution < -0.4 is 5.32 Å². The van der Waals surface area contributed by atoms with E-state index >= 15 is 0 Å². The van der Waals surface area contributed by atoms with Crippen LogP contribution in [-0.2, 0) is 17.9 Å². The molecule has 0 saturated carbocycles. The average molecular weight is 315 g/mol. The molecule has 1 amide bonds. The normalized spacial score (nSPS) is 10.4. The smallest absolute Gasteiger partial charge is 0.222 e. The van der Waals surface area contributed by atoms with E-state index < -0.39 is 0 Å². The highest BCUT2D eigenvalue weighted by Crippen LogP contribution is 2.21. The lowest BCUT2D eigenvalue weighted by molar-refractivity contribution is -0.121. The molecule has 2 aromatic heterocycles. The number of aromatic nitrogens is 3. The zero-order valence-corrected chi connectivity index (χ0v) is 11.4. The second-order valence-electron chi connectivity index (χ2n) is 3.39. The average Bonchev–Trinajstić information content (AvgIpc) is 2.95. The summed E-state index contributed by atoms with van der Waals surface area (Å²) in [4.78, 5) is 16.5. The van der Waals surface area contributed by atoms with Gasteiger partial charge in [-0.3, -0.25) is 9.48 Å². The molecule has 0 aromatic carbocycles. The largest absolute Gasteiger partial charge is 0.351 e. The first-order chi connectivity index (χ1) is 8.24. The van der Waals surface area contributed by atoms with Gasteiger partial charge in [-0.1, -0.05) is 0 Å². The summed E-state index contributed by atoms with van der Waals surface area (Å²) in [6.07, 6.45) is 3.47. The van der Waals surface area contributed by atoms with Crippen molar-refractivity contribution >= 4 is 33.2 Å². The zero-order valence-electron chi connectivity index (χ0n) is 8.97. The van der Waals surface area contributed by atoms with Gasteiger partial charge in [0.2, 0.25) is 5.91 Å². The van der Waals surface area contributed by atoms with Crippen molar-refractivity contribution in [1.82, 2.24) is 20.1 Å². The van der Waals surface area contributed by atoms with Crippen LogP contribution in [0, 0.1) is 0 Å². The Balaban J connectivity index is 1.71. The number of rotatable bonds is 5. The lowest BCUT2D eigenvalue weighted by atomic mass is 10.4. The van der Waals surface area contributed by atoms with Gasteiger partial charge in [-0.25, -0.2) is 4.98 Å². The molecule has 0 aliphatic heterocycles. The Morgan fingerprint density at radius 1 is 1.53 bits per heavy atom. The van der Waals surface area contributed by atoms with Gasteiger partial charge in [-0.05, 0) is 28.1 Å². The third-order valence-corrected chi connectivity index (χ3v) is 3.75. The molecule has 0 atom stereocenters. The summed E-state index contributed by atoms with van der Waals surface area (Å²) < 4.78 is 2.71. The van der Waals surface area contributed by atoms with Crippen molar-refractivity contribution in [2.75, 3.05) is 0 Å². The second-order valence-corrected chi connectivity index (χ2v) is 5.94. The van der Waals surface area contributed by atoms with Crippen molar-refractivity contribution in [3.8, 4) is 0 Å². The Labute approximate surface area is 111 Å². The summed E-state index contributed by atoms with van der Waals surface area (Å²) >= 11 is 5.00. The maximum absolute atomic E-state index is 11.5. The van der Waals surface area contributed by atoms with Crippen LogP contribution >= 0.6 is 27.3 Å². The van der Waals surface area contributed by atoms with E-state index in [0.29, 0.717) is 19.5 Å². The highest BCUT2D eigenvalue weighted by molar-refractivity contribution is 9.11. The summed E-state index contributed by atoms with van der Waals surface area (Å²) in [5, 5.41) is 6.80. The van der Waals surface area contributed by atoms with Crippen LogP contribution in [0.4, 0.5) is 0 Å². The maximum atomic E-state index is 11.5. The third kappa shape index (κ3) is 3.94. The summed E-state index contributed by atoms with van der Waals surface area (Å²) in [5.74, 6) is 0.0185. The molecule has 2 rings (SSSR count). The van der Waals surface area contributed by atoms with Crippen molar-refractivity contribution in [2.45, 2.75) is 19.5 Å². The molecule has 0 aliphatic rings. The Morgan fingerprint density at radius 2 is 2.41 bits per heavy atom. The predicted molar refractivity (Wildman–Crippen MR) is 68.5 cm³/mol. The number of halogens is 1. The molecule has 17 heavy (non-hydrogen) atoms. The number of nitrogens with zero attached hydrogens (tertiary/aromatic N) is 3. The van der Waals surface area contributed by atoms with E-state index in [1.807, 2.05) is 12.1 Å². The molecule has 2 aromatic rings. The molecule has 0 aliphatic carbocycles. The van der Waals surface area contributed by atoms with Gasteiger partial charge < -0.3 is 5.32 Å². The molecule has 5 nitrogen and oxygen atoms in total. The number of hydrogen-bond acceptors (Lipinski definition) is 4. The fourth-order valence-electron chi connectivity index (χ4n) is 1.29. The van der Waals surface area contributed by atoms with Gasteiger partial charge in [0, 0.05) is 11.3 Å². The Bertz CT molecular complexity index is 482. The SMILES string of the molecule is O=C(CCn1cncn1)NCc1ccc(Br)s1. The molecule has 0 radical (unpaired) electrons. The maximum Gasteiger partial charge on any atom is 0.222 e. The van der Waals surface area contributed by atoms with Gasteiger partial charge in [0.15, 0.2) is 0 Å². The Hall–Kier alpha value is -1.21. The molecular formula is C10H11BrN4OS. The van der Waals surface area contributed by atoms with Gasteiger partial charge in [0.25, 0.3) is 0 Å². The molecule has 0 saturated heterocycles. The van der Waals surface area contributed by atoms with E-state index in [2.05, 4.69) is 31.3 Å². The van der Waals surface area contributed by atoms with E-state index in [-0.39, 0.29) is 5.91 Å². The summed E-state index contributed by atoms with van der Waals surface area (Å²) in [5.41, 5.74) is 0. The van der Waals surface area contributed by atoms with Gasteiger partial charge >= 0.3 is 0 Å². The van der Waals surface area contributed by atoms with E-state index in [9.17, 15) is 4.79 Å². The van der Waals surface area contributed by atoms with E-state index in [1.54, 1.807) is 22.3 Å². The standard InChI is InChI=1S/C10H11BrN4OS/c11-9-2-1-8(17-9)5-13-10(16)3-4-15-7-12-6-14-15/h1-2,6-7H,3-5H2,(H,13,16). The third-order valence-electron chi connectivity index (χ3n) is 2.12. The summed E-state index contributed by atoms with van der Waals surface area (Å²) in [6, 6.07) is 3.97. The van der Waals surface area contributed by atoms with Crippen LogP contribution in [0.1, 0.15) is 11.3 Å². The van der Waals surface area contributed by atoms with Gasteiger partial charge in [-0.15, -0.1) is 11.3 Å². The first-order valence-electron chi connectivity index (χ1n) is 5.07. The van der Waals surface area contributed by atoms with Gasteiger partial charge in [-0.2, -0.15) is 5.10 Å². The fourth-order valence-corrected chi connectivity index (χ4v) is 2.71. The van der Waals surface area contributed by atoms with Crippen molar-refractivity contribution in [1.29, 1.82) is 0 Å². The number of aryl methyl sites for hydroxylation is 1. The minimum absolute atomic E-state index is 0.0185. The highest BCUT2D eigenvalue weighted by atomic mass is 79.9. The van der Waals surface area contributed by atoms with Crippen LogP contribution in [0.3, 0.4) is 0 Å². The minimum Gasteiger partial charge on any atom is -0.351 e. The number of nitrogens with one attached hydrogen (secondary N) is 1. The molecule has 7 heteroatoms. The second kappa shape index (κ2) is 5.92. The van der Waals surface area contributed by atoms with Crippen molar-refractivity contribution in [3.63, 3.8) is 0 Å². The van der Waals surface area contributed by atoms with Crippen LogP contribution in [0.5, 0.6) is 0 Å². The molecule has 0 bridgehead atoms. The molecule has 0 fully saturated rings. The first kappa shape index (κ1) is 12.3. The van der Waals surface area contributed by atoms with Gasteiger partial charge in [0.1, 0.15) is 12.7 Å². The van der Waals surface area contributed by atoms with E-state index in [0.717, 1.165) is 8.66 Å². The molecule has 90 valence electrons. The fraction of sp³-hybridized carbons (Fsp3) is 0.300. The van der Waals surface area contributed by atoms with Crippen molar-refractivity contribution < 1.29 is 4.79 Å². The van der Waals surface area contributed by atoms with Crippen LogP contribution in [0.25, 0.3) is 0 Å². The predicted octanol–water partition coefficient (Wildman–Crippen LogP) is 1.81. The number of carbonyl (C=O) groups excluding carboxylic acids is 1. The Kier molecular flexibility index (Phi) is 4.27. The summed E-state index contributed by atoms with van der Waals surface area (Å²) in [6.45, 7) is 1.13. The number of hydrogen-bond donors (Lipinski definition) is 1. The topological polar surface area (TPSA) is 59.8 Å². The number of amides is 1. The van der Waals surface area contributed by atoms with E-state index in [1.165, 1.54) is 6.33 Å². The van der Waals surface area contributed by atoms with Crippen LogP contribution in [0.2, 0.25) is 0 Å². The molecule has 2 heterocycles. The minimum atomic E-state index is 0.0185. The van der Waals surface area contributed by atoms with Crippen LogP contribution in [0.15, 0.2) is 28.6 Å². The highest BCUT2D eigenvalue weighted by Gasteiger charge is 2.03. The van der Waals surface area contributed by atoms with Crippen molar-refractivity contribution in [2.24, 2.45) is 0 Å². The lowest BCUT2D eigenvalue weighted by Gasteiger charge is -2.03. The summed E-state index contributed by atoms with van der Waals surface area (Å²) in [7, 11) is 0. The number of carbonyl (C=O) groups is 1. The van der Waals surface area contributed by atoms with E-state index in [4.69, 9.17) is 0 Å². The molecular weight excluding hydrogens is 304 g/mol. The molecule has 1 N–H and O–H groups in total. The van der Waals surface area contributed by atoms with Crippen molar-refractivity contribution in [3.05, 3.63) is 33.5 Å². The first-order valence-corrected chi connectivity index (χ1v) is 6.68.